The highest BCUT2D eigenvalue weighted by molar-refractivity contribution is 5.97. The Kier molecular flexibility index (Phi) is 6.77. The van der Waals surface area contributed by atoms with E-state index in [9.17, 15) is 4.79 Å². The fourth-order valence-corrected chi connectivity index (χ4v) is 1.61. The lowest BCUT2D eigenvalue weighted by atomic mass is 10.2. The first-order valence-corrected chi connectivity index (χ1v) is 6.88. The van der Waals surface area contributed by atoms with Crippen LogP contribution in [0.15, 0.2) is 30.0 Å². The van der Waals surface area contributed by atoms with Crippen LogP contribution in [-0.2, 0) is 4.79 Å². The second-order valence-electron chi connectivity index (χ2n) is 4.98. The Morgan fingerprint density at radius 1 is 1.36 bits per heavy atom. The molecule has 6 heteroatoms. The van der Waals surface area contributed by atoms with E-state index in [1.54, 1.807) is 25.3 Å². The van der Waals surface area contributed by atoms with Crippen LogP contribution in [-0.4, -0.2) is 26.7 Å². The van der Waals surface area contributed by atoms with Crippen LogP contribution < -0.4 is 20.1 Å². The quantitative estimate of drug-likeness (QED) is 0.596. The maximum absolute atomic E-state index is 11.9. The van der Waals surface area contributed by atoms with Gasteiger partial charge in [-0.2, -0.15) is 5.26 Å². The van der Waals surface area contributed by atoms with Crippen molar-refractivity contribution in [3.63, 3.8) is 0 Å². The van der Waals surface area contributed by atoms with E-state index in [4.69, 9.17) is 14.7 Å². The van der Waals surface area contributed by atoms with E-state index in [2.05, 4.69) is 10.6 Å². The SMILES string of the molecule is COc1ccc(N/C=C(/C#N)C(=O)NCC(C)C)c(OC)c1. The number of nitrogens with one attached hydrogen (secondary N) is 2. The number of nitrogens with zero attached hydrogens (tertiary/aromatic N) is 1. The summed E-state index contributed by atoms with van der Waals surface area (Å²) < 4.78 is 10.3. The molecule has 0 fully saturated rings. The van der Waals surface area contributed by atoms with Crippen LogP contribution in [0.3, 0.4) is 0 Å². The van der Waals surface area contributed by atoms with Crippen molar-refractivity contribution in [3.05, 3.63) is 30.0 Å². The van der Waals surface area contributed by atoms with Crippen LogP contribution in [0.4, 0.5) is 5.69 Å². The minimum atomic E-state index is -0.406. The molecule has 1 aromatic rings. The lowest BCUT2D eigenvalue weighted by Crippen LogP contribution is -2.28. The van der Waals surface area contributed by atoms with Gasteiger partial charge in [-0.25, -0.2) is 0 Å². The lowest BCUT2D eigenvalue weighted by molar-refractivity contribution is -0.117. The summed E-state index contributed by atoms with van der Waals surface area (Å²) in [6.45, 7) is 4.48. The second-order valence-corrected chi connectivity index (χ2v) is 4.98. The maximum atomic E-state index is 11.9. The van der Waals surface area contributed by atoms with Gasteiger partial charge in [0.2, 0.25) is 0 Å². The first kappa shape index (κ1) is 17.4. The molecule has 1 amide bonds. The van der Waals surface area contributed by atoms with Crippen molar-refractivity contribution in [1.29, 1.82) is 5.26 Å². The van der Waals surface area contributed by atoms with Gasteiger partial charge in [-0.1, -0.05) is 13.8 Å². The first-order chi connectivity index (χ1) is 10.5. The van der Waals surface area contributed by atoms with Gasteiger partial charge in [0.05, 0.1) is 19.9 Å². The standard InChI is InChI=1S/C16H21N3O3/c1-11(2)9-19-16(20)12(8-17)10-18-14-6-5-13(21-3)7-15(14)22-4/h5-7,10-11,18H,9H2,1-4H3,(H,19,20)/b12-10-. The molecule has 0 aliphatic rings. The van der Waals surface area contributed by atoms with Crippen molar-refractivity contribution in [2.24, 2.45) is 5.92 Å². The minimum absolute atomic E-state index is 0.00137. The summed E-state index contributed by atoms with van der Waals surface area (Å²) in [6, 6.07) is 7.09. The van der Waals surface area contributed by atoms with Gasteiger partial charge in [-0.15, -0.1) is 0 Å². The minimum Gasteiger partial charge on any atom is -0.497 e. The predicted molar refractivity (Wildman–Crippen MR) is 84.7 cm³/mol. The molecule has 0 saturated heterocycles. The average molecular weight is 303 g/mol. The summed E-state index contributed by atoms with van der Waals surface area (Å²) in [7, 11) is 3.10. The third-order valence-electron chi connectivity index (χ3n) is 2.82. The topological polar surface area (TPSA) is 83.4 Å². The summed E-state index contributed by atoms with van der Waals surface area (Å²) in [5.74, 6) is 1.12. The molecule has 0 aromatic heterocycles. The Morgan fingerprint density at radius 3 is 2.64 bits per heavy atom. The van der Waals surface area contributed by atoms with Crippen molar-refractivity contribution in [3.8, 4) is 17.6 Å². The molecular formula is C16H21N3O3. The van der Waals surface area contributed by atoms with Crippen LogP contribution in [0.5, 0.6) is 11.5 Å². The van der Waals surface area contributed by atoms with Crippen LogP contribution >= 0.6 is 0 Å². The van der Waals surface area contributed by atoms with E-state index in [1.807, 2.05) is 19.9 Å². The highest BCUT2D eigenvalue weighted by atomic mass is 16.5. The highest BCUT2D eigenvalue weighted by Crippen LogP contribution is 2.29. The molecule has 0 heterocycles. The Labute approximate surface area is 130 Å². The molecule has 0 aliphatic heterocycles. The molecule has 0 unspecified atom stereocenters. The zero-order valence-corrected chi connectivity index (χ0v) is 13.3. The molecule has 0 saturated carbocycles. The lowest BCUT2D eigenvalue weighted by Gasteiger charge is -2.11. The number of anilines is 1. The number of hydrogen-bond acceptors (Lipinski definition) is 5. The number of amides is 1. The zero-order chi connectivity index (χ0) is 16.5. The van der Waals surface area contributed by atoms with Crippen molar-refractivity contribution in [2.75, 3.05) is 26.1 Å². The predicted octanol–water partition coefficient (Wildman–Crippen LogP) is 2.30. The van der Waals surface area contributed by atoms with Crippen molar-refractivity contribution >= 4 is 11.6 Å². The Hall–Kier alpha value is -2.68. The third-order valence-corrected chi connectivity index (χ3v) is 2.82. The molecule has 0 radical (unpaired) electrons. The van der Waals surface area contributed by atoms with Gasteiger partial charge < -0.3 is 20.1 Å². The van der Waals surface area contributed by atoms with Crippen LogP contribution in [0, 0.1) is 17.2 Å². The second kappa shape index (κ2) is 8.57. The Balaban J connectivity index is 2.84. The summed E-state index contributed by atoms with van der Waals surface area (Å²) in [4.78, 5) is 11.9. The van der Waals surface area contributed by atoms with Gasteiger partial charge in [-0.05, 0) is 18.1 Å². The molecule has 118 valence electrons. The van der Waals surface area contributed by atoms with Gasteiger partial charge in [0.1, 0.15) is 23.1 Å². The summed E-state index contributed by atoms with van der Waals surface area (Å²) in [5.41, 5.74) is 0.631. The van der Waals surface area contributed by atoms with Crippen molar-refractivity contribution in [1.82, 2.24) is 5.32 Å². The molecule has 2 N–H and O–H groups in total. The molecule has 22 heavy (non-hydrogen) atoms. The van der Waals surface area contributed by atoms with E-state index in [0.717, 1.165) is 0 Å². The van der Waals surface area contributed by atoms with Gasteiger partial charge in [-0.3, -0.25) is 4.79 Å². The van der Waals surface area contributed by atoms with E-state index < -0.39 is 5.91 Å². The third kappa shape index (κ3) is 5.02. The number of benzene rings is 1. The summed E-state index contributed by atoms with van der Waals surface area (Å²) >= 11 is 0. The molecule has 0 atom stereocenters. The van der Waals surface area contributed by atoms with Crippen LogP contribution in [0.25, 0.3) is 0 Å². The van der Waals surface area contributed by atoms with Crippen molar-refractivity contribution in [2.45, 2.75) is 13.8 Å². The molecule has 0 bridgehead atoms. The monoisotopic (exact) mass is 303 g/mol. The summed E-state index contributed by atoms with van der Waals surface area (Å²) in [6.07, 6.45) is 1.36. The molecule has 1 aromatic carbocycles. The van der Waals surface area contributed by atoms with Crippen molar-refractivity contribution < 1.29 is 14.3 Å². The largest absolute Gasteiger partial charge is 0.497 e. The normalized spacial score (nSPS) is 10.8. The fourth-order valence-electron chi connectivity index (χ4n) is 1.61. The number of methoxy groups -OCH3 is 2. The number of rotatable bonds is 7. The molecule has 6 nitrogen and oxygen atoms in total. The zero-order valence-electron chi connectivity index (χ0n) is 13.3. The maximum Gasteiger partial charge on any atom is 0.263 e. The first-order valence-electron chi connectivity index (χ1n) is 6.88. The summed E-state index contributed by atoms with van der Waals surface area (Å²) in [5, 5.41) is 14.7. The van der Waals surface area contributed by atoms with E-state index >= 15 is 0 Å². The number of nitriles is 1. The van der Waals surface area contributed by atoms with E-state index in [0.29, 0.717) is 29.6 Å². The van der Waals surface area contributed by atoms with Gasteiger partial charge in [0.15, 0.2) is 0 Å². The van der Waals surface area contributed by atoms with E-state index in [1.165, 1.54) is 13.3 Å². The number of carbonyl (C=O) groups is 1. The number of hydrogen-bond donors (Lipinski definition) is 2. The molecule has 0 spiro atoms. The Morgan fingerprint density at radius 2 is 2.09 bits per heavy atom. The van der Waals surface area contributed by atoms with Gasteiger partial charge in [0.25, 0.3) is 5.91 Å². The highest BCUT2D eigenvalue weighted by Gasteiger charge is 2.10. The number of ether oxygens (including phenoxy) is 2. The fraction of sp³-hybridized carbons (Fsp3) is 0.375. The van der Waals surface area contributed by atoms with Gasteiger partial charge >= 0.3 is 0 Å². The van der Waals surface area contributed by atoms with Crippen LogP contribution in [0.1, 0.15) is 13.8 Å². The molecule has 1 rings (SSSR count). The number of carbonyl (C=O) groups excluding carboxylic acids is 1. The smallest absolute Gasteiger partial charge is 0.263 e. The van der Waals surface area contributed by atoms with Crippen LogP contribution in [0.2, 0.25) is 0 Å². The average Bonchev–Trinajstić information content (AvgIpc) is 2.53. The Bertz CT molecular complexity index is 589. The van der Waals surface area contributed by atoms with Gasteiger partial charge in [0, 0.05) is 18.8 Å². The van der Waals surface area contributed by atoms with E-state index in [-0.39, 0.29) is 5.57 Å². The molecule has 0 aliphatic carbocycles. The molecular weight excluding hydrogens is 282 g/mol.